The van der Waals surface area contributed by atoms with Crippen LogP contribution >= 0.6 is 11.3 Å². The number of methoxy groups -OCH3 is 1. The average Bonchev–Trinajstić information content (AvgIpc) is 2.78. The standard InChI is InChI=1S/C12H15N3OS/c1-4-13-12-15-14-11(17-12)9-7-8(2)5-6-10(9)16-3/h5-7H,4H2,1-3H3,(H,13,15). The molecule has 1 aromatic heterocycles. The topological polar surface area (TPSA) is 47.0 Å². The van der Waals surface area contributed by atoms with E-state index in [1.165, 1.54) is 16.9 Å². The van der Waals surface area contributed by atoms with Crippen LogP contribution in [0.5, 0.6) is 5.75 Å². The van der Waals surface area contributed by atoms with E-state index in [2.05, 4.69) is 28.5 Å². The summed E-state index contributed by atoms with van der Waals surface area (Å²) in [6.45, 7) is 4.93. The highest BCUT2D eigenvalue weighted by molar-refractivity contribution is 7.18. The van der Waals surface area contributed by atoms with Crippen LogP contribution in [0.4, 0.5) is 5.13 Å². The third-order valence-electron chi connectivity index (χ3n) is 2.34. The Morgan fingerprint density at radius 1 is 1.35 bits per heavy atom. The molecule has 4 nitrogen and oxygen atoms in total. The molecule has 17 heavy (non-hydrogen) atoms. The van der Waals surface area contributed by atoms with Crippen molar-refractivity contribution in [1.82, 2.24) is 10.2 Å². The lowest BCUT2D eigenvalue weighted by molar-refractivity contribution is 0.416. The minimum atomic E-state index is 0.829. The van der Waals surface area contributed by atoms with Crippen LogP contribution in [0.25, 0.3) is 10.6 Å². The number of aryl methyl sites for hydroxylation is 1. The molecule has 1 heterocycles. The van der Waals surface area contributed by atoms with E-state index < -0.39 is 0 Å². The van der Waals surface area contributed by atoms with Crippen molar-refractivity contribution < 1.29 is 4.74 Å². The summed E-state index contributed by atoms with van der Waals surface area (Å²) in [6, 6.07) is 6.04. The molecular formula is C12H15N3OS. The van der Waals surface area contributed by atoms with Crippen LogP contribution in [-0.2, 0) is 0 Å². The number of ether oxygens (including phenoxy) is 1. The van der Waals surface area contributed by atoms with Crippen LogP contribution in [0, 0.1) is 6.92 Å². The van der Waals surface area contributed by atoms with Crippen molar-refractivity contribution in [3.8, 4) is 16.3 Å². The molecule has 0 unspecified atom stereocenters. The summed E-state index contributed by atoms with van der Waals surface area (Å²) in [5.41, 5.74) is 2.18. The molecule has 0 spiro atoms. The molecule has 0 saturated heterocycles. The Labute approximate surface area is 105 Å². The van der Waals surface area contributed by atoms with E-state index in [1.54, 1.807) is 7.11 Å². The largest absolute Gasteiger partial charge is 0.496 e. The lowest BCUT2D eigenvalue weighted by Crippen LogP contribution is -1.94. The number of hydrogen-bond donors (Lipinski definition) is 1. The van der Waals surface area contributed by atoms with E-state index in [0.717, 1.165) is 28.0 Å². The first-order valence-electron chi connectivity index (χ1n) is 5.47. The fourth-order valence-corrected chi connectivity index (χ4v) is 2.38. The predicted molar refractivity (Wildman–Crippen MR) is 70.8 cm³/mol. The minimum absolute atomic E-state index is 0.829. The maximum absolute atomic E-state index is 5.34. The van der Waals surface area contributed by atoms with Gasteiger partial charge in [0.2, 0.25) is 5.13 Å². The van der Waals surface area contributed by atoms with Crippen molar-refractivity contribution in [3.05, 3.63) is 23.8 Å². The first-order valence-corrected chi connectivity index (χ1v) is 6.28. The molecule has 2 rings (SSSR count). The molecule has 2 aromatic rings. The van der Waals surface area contributed by atoms with Crippen molar-refractivity contribution in [1.29, 1.82) is 0 Å². The molecule has 0 bridgehead atoms. The molecule has 0 aliphatic rings. The van der Waals surface area contributed by atoms with Crippen molar-refractivity contribution in [3.63, 3.8) is 0 Å². The molecule has 0 aliphatic heterocycles. The Morgan fingerprint density at radius 3 is 2.88 bits per heavy atom. The average molecular weight is 249 g/mol. The predicted octanol–water partition coefficient (Wildman–Crippen LogP) is 2.95. The van der Waals surface area contributed by atoms with Gasteiger partial charge in [0.25, 0.3) is 0 Å². The Kier molecular flexibility index (Phi) is 3.58. The summed E-state index contributed by atoms with van der Waals surface area (Å²) >= 11 is 1.54. The maximum Gasteiger partial charge on any atom is 0.205 e. The van der Waals surface area contributed by atoms with Crippen LogP contribution in [0.3, 0.4) is 0 Å². The normalized spacial score (nSPS) is 10.3. The summed E-state index contributed by atoms with van der Waals surface area (Å²) in [5, 5.41) is 13.1. The SMILES string of the molecule is CCNc1nnc(-c2cc(C)ccc2OC)s1. The van der Waals surface area contributed by atoms with Gasteiger partial charge in [0.1, 0.15) is 5.75 Å². The van der Waals surface area contributed by atoms with Gasteiger partial charge in [-0.15, -0.1) is 10.2 Å². The monoisotopic (exact) mass is 249 g/mol. The van der Waals surface area contributed by atoms with Gasteiger partial charge in [0.05, 0.1) is 12.7 Å². The lowest BCUT2D eigenvalue weighted by atomic mass is 10.1. The number of benzene rings is 1. The number of hydrogen-bond acceptors (Lipinski definition) is 5. The van der Waals surface area contributed by atoms with Crippen LogP contribution in [0.1, 0.15) is 12.5 Å². The first kappa shape index (κ1) is 11.9. The minimum Gasteiger partial charge on any atom is -0.496 e. The van der Waals surface area contributed by atoms with Gasteiger partial charge in [0.15, 0.2) is 5.01 Å². The highest BCUT2D eigenvalue weighted by atomic mass is 32.1. The Morgan fingerprint density at radius 2 is 2.18 bits per heavy atom. The van der Waals surface area contributed by atoms with Gasteiger partial charge in [-0.2, -0.15) is 0 Å². The van der Waals surface area contributed by atoms with Gasteiger partial charge in [-0.3, -0.25) is 0 Å². The molecule has 0 atom stereocenters. The van der Waals surface area contributed by atoms with Gasteiger partial charge < -0.3 is 10.1 Å². The molecule has 0 fully saturated rings. The summed E-state index contributed by atoms with van der Waals surface area (Å²) in [7, 11) is 1.67. The Hall–Kier alpha value is -1.62. The summed E-state index contributed by atoms with van der Waals surface area (Å²) in [5.74, 6) is 0.829. The third-order valence-corrected chi connectivity index (χ3v) is 3.25. The molecule has 0 saturated carbocycles. The van der Waals surface area contributed by atoms with E-state index in [9.17, 15) is 0 Å². The lowest BCUT2D eigenvalue weighted by Gasteiger charge is -2.05. The van der Waals surface area contributed by atoms with Crippen LogP contribution < -0.4 is 10.1 Å². The van der Waals surface area contributed by atoms with Crippen molar-refractivity contribution in [2.45, 2.75) is 13.8 Å². The molecular weight excluding hydrogens is 234 g/mol. The van der Waals surface area contributed by atoms with E-state index in [1.807, 2.05) is 19.1 Å². The fraction of sp³-hybridized carbons (Fsp3) is 0.333. The number of nitrogens with zero attached hydrogens (tertiary/aromatic N) is 2. The summed E-state index contributed by atoms with van der Waals surface area (Å²) in [4.78, 5) is 0. The molecule has 0 aliphatic carbocycles. The maximum atomic E-state index is 5.34. The van der Waals surface area contributed by atoms with Gasteiger partial charge in [-0.1, -0.05) is 23.0 Å². The number of anilines is 1. The van der Waals surface area contributed by atoms with Crippen LogP contribution in [0.15, 0.2) is 18.2 Å². The quantitative estimate of drug-likeness (QED) is 0.905. The van der Waals surface area contributed by atoms with E-state index in [4.69, 9.17) is 4.74 Å². The summed E-state index contributed by atoms with van der Waals surface area (Å²) in [6.07, 6.45) is 0. The number of rotatable bonds is 4. The zero-order valence-corrected chi connectivity index (χ0v) is 11.0. The first-order chi connectivity index (χ1) is 8.24. The summed E-state index contributed by atoms with van der Waals surface area (Å²) < 4.78 is 5.34. The molecule has 0 amide bonds. The zero-order chi connectivity index (χ0) is 12.3. The van der Waals surface area contributed by atoms with E-state index in [0.29, 0.717) is 0 Å². The van der Waals surface area contributed by atoms with E-state index >= 15 is 0 Å². The highest BCUT2D eigenvalue weighted by Crippen LogP contribution is 2.34. The van der Waals surface area contributed by atoms with Crippen LogP contribution in [0.2, 0.25) is 0 Å². The molecule has 0 radical (unpaired) electrons. The van der Waals surface area contributed by atoms with Crippen molar-refractivity contribution in [2.75, 3.05) is 19.0 Å². The zero-order valence-electron chi connectivity index (χ0n) is 10.2. The van der Waals surface area contributed by atoms with Crippen molar-refractivity contribution >= 4 is 16.5 Å². The van der Waals surface area contributed by atoms with Gasteiger partial charge in [-0.05, 0) is 26.0 Å². The Balaban J connectivity index is 2.40. The molecule has 1 aromatic carbocycles. The second kappa shape index (κ2) is 5.14. The fourth-order valence-electron chi connectivity index (χ4n) is 1.54. The second-order valence-electron chi connectivity index (χ2n) is 3.65. The molecule has 1 N–H and O–H groups in total. The van der Waals surface area contributed by atoms with E-state index in [-0.39, 0.29) is 0 Å². The van der Waals surface area contributed by atoms with Crippen LogP contribution in [-0.4, -0.2) is 23.9 Å². The van der Waals surface area contributed by atoms with Gasteiger partial charge in [0, 0.05) is 6.54 Å². The van der Waals surface area contributed by atoms with Gasteiger partial charge >= 0.3 is 0 Å². The number of aromatic nitrogens is 2. The second-order valence-corrected chi connectivity index (χ2v) is 4.62. The molecule has 5 heteroatoms. The number of nitrogens with one attached hydrogen (secondary N) is 1. The molecule has 90 valence electrons. The van der Waals surface area contributed by atoms with Gasteiger partial charge in [-0.25, -0.2) is 0 Å². The smallest absolute Gasteiger partial charge is 0.205 e. The Bertz CT molecular complexity index is 510. The third kappa shape index (κ3) is 2.55. The van der Waals surface area contributed by atoms with Crippen molar-refractivity contribution in [2.24, 2.45) is 0 Å². The highest BCUT2D eigenvalue weighted by Gasteiger charge is 2.11.